The molecule has 4 rings (SSSR count). The van der Waals surface area contributed by atoms with Gasteiger partial charge in [0, 0.05) is 28.3 Å². The van der Waals surface area contributed by atoms with Gasteiger partial charge in [-0.1, -0.05) is 29.3 Å². The third-order valence-corrected chi connectivity index (χ3v) is 5.46. The van der Waals surface area contributed by atoms with Crippen LogP contribution >= 0.6 is 23.2 Å². The minimum absolute atomic E-state index is 0.155. The number of anilines is 1. The van der Waals surface area contributed by atoms with Crippen molar-refractivity contribution in [2.45, 2.75) is 25.5 Å². The number of nitrogens with one attached hydrogen (secondary N) is 1. The molecular weight excluding hydrogens is 425 g/mol. The lowest BCUT2D eigenvalue weighted by atomic mass is 10.2. The maximum Gasteiger partial charge on any atom is 0.256 e. The summed E-state index contributed by atoms with van der Waals surface area (Å²) >= 11 is 12.2. The summed E-state index contributed by atoms with van der Waals surface area (Å²) in [7, 11) is 0. The number of amides is 1. The Kier molecular flexibility index (Phi) is 6.57. The van der Waals surface area contributed by atoms with E-state index < -0.39 is 0 Å². The molecule has 3 aromatic rings. The average molecular weight is 446 g/mol. The van der Waals surface area contributed by atoms with Gasteiger partial charge in [0.25, 0.3) is 5.91 Å². The van der Waals surface area contributed by atoms with E-state index in [1.165, 1.54) is 0 Å². The van der Waals surface area contributed by atoms with E-state index in [1.54, 1.807) is 53.3 Å². The lowest BCUT2D eigenvalue weighted by Gasteiger charge is -2.12. The second kappa shape index (κ2) is 9.51. The maximum atomic E-state index is 12.7. The van der Waals surface area contributed by atoms with Gasteiger partial charge in [-0.25, -0.2) is 4.68 Å². The van der Waals surface area contributed by atoms with Gasteiger partial charge in [0.05, 0.1) is 18.8 Å². The Morgan fingerprint density at radius 2 is 2.03 bits per heavy atom. The smallest absolute Gasteiger partial charge is 0.256 e. The summed E-state index contributed by atoms with van der Waals surface area (Å²) in [6.07, 6.45) is 3.88. The summed E-state index contributed by atoms with van der Waals surface area (Å²) in [5.41, 5.74) is 1.38. The molecule has 1 N–H and O–H groups in total. The van der Waals surface area contributed by atoms with E-state index in [-0.39, 0.29) is 12.0 Å². The van der Waals surface area contributed by atoms with Crippen molar-refractivity contribution < 1.29 is 14.3 Å². The van der Waals surface area contributed by atoms with Crippen molar-refractivity contribution in [3.8, 4) is 5.75 Å². The Labute approximate surface area is 184 Å². The molecule has 1 aromatic heterocycles. The van der Waals surface area contributed by atoms with E-state index in [9.17, 15) is 4.79 Å². The molecule has 6 nitrogen and oxygen atoms in total. The molecule has 2 heterocycles. The minimum atomic E-state index is -0.232. The number of ether oxygens (including phenoxy) is 2. The molecule has 1 unspecified atom stereocenters. The Morgan fingerprint density at radius 1 is 1.20 bits per heavy atom. The van der Waals surface area contributed by atoms with Gasteiger partial charge >= 0.3 is 0 Å². The molecule has 1 fully saturated rings. The van der Waals surface area contributed by atoms with Gasteiger partial charge in [0.15, 0.2) is 0 Å². The number of benzene rings is 2. The van der Waals surface area contributed by atoms with Crippen LogP contribution in [0.15, 0.2) is 54.7 Å². The molecule has 0 radical (unpaired) electrons. The monoisotopic (exact) mass is 445 g/mol. The maximum absolute atomic E-state index is 12.7. The van der Waals surface area contributed by atoms with Crippen molar-refractivity contribution in [3.63, 3.8) is 0 Å². The second-order valence-corrected chi connectivity index (χ2v) is 7.88. The van der Waals surface area contributed by atoms with E-state index in [1.807, 2.05) is 6.07 Å². The van der Waals surface area contributed by atoms with E-state index in [2.05, 4.69) is 10.4 Å². The number of rotatable bonds is 7. The van der Waals surface area contributed by atoms with Gasteiger partial charge < -0.3 is 14.8 Å². The summed E-state index contributed by atoms with van der Waals surface area (Å²) < 4.78 is 13.0. The Hall–Kier alpha value is -2.54. The first kappa shape index (κ1) is 20.7. The number of carbonyl (C=O) groups is 1. The topological polar surface area (TPSA) is 65.4 Å². The minimum Gasteiger partial charge on any atom is -0.491 e. The van der Waals surface area contributed by atoms with Crippen LogP contribution in [0.5, 0.6) is 5.75 Å². The molecule has 0 saturated carbocycles. The predicted molar refractivity (Wildman–Crippen MR) is 117 cm³/mol. The van der Waals surface area contributed by atoms with Gasteiger partial charge in [-0.3, -0.25) is 4.79 Å². The van der Waals surface area contributed by atoms with Crippen LogP contribution in [-0.2, 0) is 11.3 Å². The Morgan fingerprint density at radius 3 is 2.77 bits per heavy atom. The molecule has 2 aromatic carbocycles. The fourth-order valence-electron chi connectivity index (χ4n) is 3.23. The van der Waals surface area contributed by atoms with Crippen molar-refractivity contribution in [2.75, 3.05) is 18.5 Å². The van der Waals surface area contributed by atoms with Crippen LogP contribution in [0.25, 0.3) is 0 Å². The molecule has 0 aliphatic carbocycles. The van der Waals surface area contributed by atoms with Gasteiger partial charge in [-0.05, 0) is 54.8 Å². The molecule has 30 heavy (non-hydrogen) atoms. The van der Waals surface area contributed by atoms with Crippen molar-refractivity contribution in [1.29, 1.82) is 0 Å². The molecular formula is C22H21Cl2N3O3. The number of hydrogen-bond donors (Lipinski definition) is 1. The fraction of sp³-hybridized carbons (Fsp3) is 0.273. The molecule has 156 valence electrons. The third-order valence-electron chi connectivity index (χ3n) is 4.87. The first-order valence-corrected chi connectivity index (χ1v) is 10.5. The van der Waals surface area contributed by atoms with Gasteiger partial charge in [-0.2, -0.15) is 5.10 Å². The van der Waals surface area contributed by atoms with Crippen LogP contribution in [0.3, 0.4) is 0 Å². The summed E-state index contributed by atoms with van der Waals surface area (Å²) in [4.78, 5) is 12.7. The lowest BCUT2D eigenvalue weighted by Crippen LogP contribution is -2.17. The standard InChI is InChI=1S/C22H21Cl2N3O3/c23-17-6-3-16(20(24)12-17)13-27-21(9-10-25-27)26-22(28)15-4-7-18(8-5-15)30-14-19-2-1-11-29-19/h3-10,12,19H,1-2,11,13-14H2,(H,26,28). The SMILES string of the molecule is O=C(Nc1ccnn1Cc1ccc(Cl)cc1Cl)c1ccc(OCC2CCCO2)cc1. The highest BCUT2D eigenvalue weighted by molar-refractivity contribution is 6.35. The summed E-state index contributed by atoms with van der Waals surface area (Å²) in [5.74, 6) is 1.05. The molecule has 8 heteroatoms. The average Bonchev–Trinajstić information content (AvgIpc) is 3.41. The predicted octanol–water partition coefficient (Wildman–Crippen LogP) is 5.05. The number of hydrogen-bond acceptors (Lipinski definition) is 4. The van der Waals surface area contributed by atoms with Crippen LogP contribution in [0.1, 0.15) is 28.8 Å². The van der Waals surface area contributed by atoms with Crippen LogP contribution in [0.4, 0.5) is 5.82 Å². The van der Waals surface area contributed by atoms with Crippen molar-refractivity contribution >= 4 is 34.9 Å². The zero-order valence-corrected chi connectivity index (χ0v) is 17.7. The third kappa shape index (κ3) is 5.14. The first-order valence-electron chi connectivity index (χ1n) is 9.70. The molecule has 0 spiro atoms. The van der Waals surface area contributed by atoms with Crippen molar-refractivity contribution in [2.24, 2.45) is 0 Å². The van der Waals surface area contributed by atoms with Crippen molar-refractivity contribution in [1.82, 2.24) is 9.78 Å². The highest BCUT2D eigenvalue weighted by Gasteiger charge is 2.16. The highest BCUT2D eigenvalue weighted by Crippen LogP contribution is 2.23. The van der Waals surface area contributed by atoms with Crippen LogP contribution in [0.2, 0.25) is 10.0 Å². The molecule has 1 atom stereocenters. The number of carbonyl (C=O) groups excluding carboxylic acids is 1. The number of aromatic nitrogens is 2. The zero-order chi connectivity index (χ0) is 20.9. The quantitative estimate of drug-likeness (QED) is 0.552. The fourth-order valence-corrected chi connectivity index (χ4v) is 3.70. The summed E-state index contributed by atoms with van der Waals surface area (Å²) in [6.45, 7) is 1.74. The lowest BCUT2D eigenvalue weighted by molar-refractivity contribution is 0.0679. The molecule has 0 bridgehead atoms. The van der Waals surface area contributed by atoms with Gasteiger partial charge in [0.1, 0.15) is 18.2 Å². The van der Waals surface area contributed by atoms with E-state index in [0.717, 1.165) is 25.0 Å². The van der Waals surface area contributed by atoms with Crippen LogP contribution < -0.4 is 10.1 Å². The molecule has 1 aliphatic rings. The highest BCUT2D eigenvalue weighted by atomic mass is 35.5. The van der Waals surface area contributed by atoms with Gasteiger partial charge in [0.2, 0.25) is 0 Å². The molecule has 1 saturated heterocycles. The number of nitrogens with zero attached hydrogens (tertiary/aromatic N) is 2. The van der Waals surface area contributed by atoms with E-state index >= 15 is 0 Å². The largest absolute Gasteiger partial charge is 0.491 e. The molecule has 1 amide bonds. The van der Waals surface area contributed by atoms with Crippen molar-refractivity contribution in [3.05, 3.63) is 75.9 Å². The van der Waals surface area contributed by atoms with Crippen LogP contribution in [0, 0.1) is 0 Å². The normalized spacial score (nSPS) is 15.9. The van der Waals surface area contributed by atoms with E-state index in [4.69, 9.17) is 32.7 Å². The number of halogens is 2. The molecule has 1 aliphatic heterocycles. The van der Waals surface area contributed by atoms with E-state index in [0.29, 0.717) is 40.3 Å². The zero-order valence-electron chi connectivity index (χ0n) is 16.2. The van der Waals surface area contributed by atoms with Crippen LogP contribution in [-0.4, -0.2) is 35.0 Å². The Balaban J connectivity index is 1.37. The summed E-state index contributed by atoms with van der Waals surface area (Å²) in [5, 5.41) is 8.28. The second-order valence-electron chi connectivity index (χ2n) is 7.03. The Bertz CT molecular complexity index is 1010. The first-order chi connectivity index (χ1) is 14.6. The summed E-state index contributed by atoms with van der Waals surface area (Å²) in [6, 6.07) is 14.1. The van der Waals surface area contributed by atoms with Gasteiger partial charge in [-0.15, -0.1) is 0 Å².